The maximum atomic E-state index is 12.2. The Morgan fingerprint density at radius 2 is 1.94 bits per heavy atom. The summed E-state index contributed by atoms with van der Waals surface area (Å²) in [5.41, 5.74) is 1.27. The normalized spacial score (nSPS) is 20.0. The summed E-state index contributed by atoms with van der Waals surface area (Å²) >= 11 is 15.1. The van der Waals surface area contributed by atoms with Crippen molar-refractivity contribution in [3.05, 3.63) is 29.5 Å². The van der Waals surface area contributed by atoms with Crippen molar-refractivity contribution >= 4 is 62.9 Å². The molecule has 0 aromatic carbocycles. The molecule has 18 heavy (non-hydrogen) atoms. The van der Waals surface area contributed by atoms with Gasteiger partial charge in [-0.1, -0.05) is 45.8 Å². The topological polar surface area (TPSA) is 64.7 Å². The summed E-state index contributed by atoms with van der Waals surface area (Å²) in [6.07, 6.45) is 0. The van der Waals surface area contributed by atoms with Crippen molar-refractivity contribution in [1.82, 2.24) is 0 Å². The molecule has 0 N–H and O–H groups in total. The molecule has 0 saturated carbocycles. The van der Waals surface area contributed by atoms with E-state index < -0.39 is 11.8 Å². The highest BCUT2D eigenvalue weighted by atomic mass is 127. The Hall–Kier alpha value is -0.600. The minimum Gasteiger partial charge on any atom is -0.289 e. The fourth-order valence-corrected chi connectivity index (χ4v) is 4.41. The van der Waals surface area contributed by atoms with E-state index in [1.54, 1.807) is 4.08 Å². The van der Waals surface area contributed by atoms with Crippen molar-refractivity contribution in [2.24, 2.45) is 5.92 Å². The number of fused-ring (bicyclic) bond motifs is 1. The van der Waals surface area contributed by atoms with Gasteiger partial charge in [-0.2, -0.15) is 10.5 Å². The van der Waals surface area contributed by atoms with Crippen LogP contribution >= 0.6 is 57.1 Å². The van der Waals surface area contributed by atoms with Gasteiger partial charge in [0.2, 0.25) is 0 Å². The molecule has 2 rings (SSSR count). The van der Waals surface area contributed by atoms with Crippen molar-refractivity contribution in [1.29, 1.82) is 10.5 Å². The Morgan fingerprint density at radius 3 is 2.44 bits per heavy atom. The molecular weight excluding hydrogens is 406 g/mol. The van der Waals surface area contributed by atoms with Gasteiger partial charge in [0.05, 0.1) is 22.0 Å². The molecule has 1 aliphatic carbocycles. The molecule has 0 saturated heterocycles. The maximum absolute atomic E-state index is 12.2. The SMILES string of the molecule is N#CC(C#N)C1/C(=C\I)C(=O)c2c(Cl)sc(Cl)c21. The Bertz CT molecular complexity index is 639. The van der Waals surface area contributed by atoms with Crippen LogP contribution in [0.15, 0.2) is 9.66 Å². The number of nitriles is 2. The lowest BCUT2D eigenvalue weighted by Gasteiger charge is -2.12. The number of nitrogens with zero attached hydrogens (tertiary/aromatic N) is 2. The van der Waals surface area contributed by atoms with Gasteiger partial charge in [0, 0.05) is 17.1 Å². The molecule has 3 nitrogen and oxygen atoms in total. The van der Waals surface area contributed by atoms with E-state index in [-0.39, 0.29) is 5.78 Å². The highest BCUT2D eigenvalue weighted by molar-refractivity contribution is 14.1. The zero-order valence-corrected chi connectivity index (χ0v) is 13.1. The van der Waals surface area contributed by atoms with Crippen molar-refractivity contribution in [3.63, 3.8) is 0 Å². The molecular formula is C11H3Cl2IN2OS. The number of allylic oxidation sites excluding steroid dienone is 1. The first-order chi connectivity index (χ1) is 8.56. The van der Waals surface area contributed by atoms with Gasteiger partial charge in [-0.05, 0) is 4.08 Å². The van der Waals surface area contributed by atoms with Gasteiger partial charge in [-0.25, -0.2) is 0 Å². The van der Waals surface area contributed by atoms with E-state index in [9.17, 15) is 4.79 Å². The van der Waals surface area contributed by atoms with Gasteiger partial charge in [0.25, 0.3) is 0 Å². The van der Waals surface area contributed by atoms with E-state index in [2.05, 4.69) is 0 Å². The number of rotatable bonds is 1. The van der Waals surface area contributed by atoms with Gasteiger partial charge in [-0.3, -0.25) is 4.79 Å². The van der Waals surface area contributed by atoms with E-state index >= 15 is 0 Å². The van der Waals surface area contributed by atoms with Crippen LogP contribution in [0.4, 0.5) is 0 Å². The second-order valence-corrected chi connectivity index (χ2v) is 6.39. The zero-order valence-electron chi connectivity index (χ0n) is 8.58. The maximum Gasteiger partial charge on any atom is 0.192 e. The summed E-state index contributed by atoms with van der Waals surface area (Å²) in [6.45, 7) is 0. The van der Waals surface area contributed by atoms with Gasteiger partial charge < -0.3 is 0 Å². The minimum atomic E-state index is -0.945. The van der Waals surface area contributed by atoms with Crippen LogP contribution in [0.5, 0.6) is 0 Å². The number of hydrogen-bond acceptors (Lipinski definition) is 4. The fraction of sp³-hybridized carbons (Fsp3) is 0.182. The standard InChI is InChI=1S/C11H3Cl2IN2OS/c12-10-7-6(4(2-15)3-16)5(1-14)9(17)8(7)11(13)18-10/h1,4,6H/b5-1+. The highest BCUT2D eigenvalue weighted by Gasteiger charge is 2.44. The Balaban J connectivity index is 2.72. The van der Waals surface area contributed by atoms with Crippen molar-refractivity contribution < 1.29 is 4.79 Å². The average Bonchev–Trinajstić information content (AvgIpc) is 2.79. The molecule has 1 unspecified atom stereocenters. The molecule has 1 aromatic heterocycles. The van der Waals surface area contributed by atoms with E-state index in [0.29, 0.717) is 25.4 Å². The Kier molecular flexibility index (Phi) is 3.98. The number of carbonyl (C=O) groups excluding carboxylic acids is 1. The third-order valence-electron chi connectivity index (χ3n) is 2.72. The van der Waals surface area contributed by atoms with Gasteiger partial charge in [0.15, 0.2) is 5.78 Å². The molecule has 1 atom stereocenters. The third-order valence-corrected chi connectivity index (χ3v) is 5.03. The molecule has 7 heteroatoms. The van der Waals surface area contributed by atoms with Crippen LogP contribution in [0.1, 0.15) is 21.8 Å². The molecule has 0 spiro atoms. The Labute approximate surface area is 131 Å². The van der Waals surface area contributed by atoms with Crippen LogP contribution in [0.2, 0.25) is 8.67 Å². The highest BCUT2D eigenvalue weighted by Crippen LogP contribution is 2.52. The van der Waals surface area contributed by atoms with E-state index in [1.807, 2.05) is 34.7 Å². The molecule has 1 aliphatic rings. The van der Waals surface area contributed by atoms with Crippen molar-refractivity contribution in [2.45, 2.75) is 5.92 Å². The second-order valence-electron chi connectivity index (χ2n) is 3.55. The first-order valence-electron chi connectivity index (χ1n) is 4.68. The van der Waals surface area contributed by atoms with Crippen LogP contribution in [0, 0.1) is 28.6 Å². The number of ketones is 1. The molecule has 0 fully saturated rings. The summed E-state index contributed by atoms with van der Waals surface area (Å²) in [5.74, 6) is -1.79. The molecule has 1 aromatic rings. The van der Waals surface area contributed by atoms with Crippen LogP contribution < -0.4 is 0 Å². The van der Waals surface area contributed by atoms with Gasteiger partial charge >= 0.3 is 0 Å². The first-order valence-corrected chi connectivity index (χ1v) is 7.50. The van der Waals surface area contributed by atoms with E-state index in [4.69, 9.17) is 33.7 Å². The van der Waals surface area contributed by atoms with E-state index in [0.717, 1.165) is 11.3 Å². The lowest BCUT2D eigenvalue weighted by molar-refractivity contribution is 0.103. The van der Waals surface area contributed by atoms with Crippen LogP contribution in [0.25, 0.3) is 0 Å². The van der Waals surface area contributed by atoms with Crippen molar-refractivity contribution in [3.8, 4) is 12.1 Å². The number of carbonyl (C=O) groups is 1. The Morgan fingerprint density at radius 1 is 1.33 bits per heavy atom. The second kappa shape index (κ2) is 5.18. The zero-order chi connectivity index (χ0) is 13.4. The number of hydrogen-bond donors (Lipinski definition) is 0. The fourth-order valence-electron chi connectivity index (χ4n) is 1.96. The third kappa shape index (κ3) is 1.86. The average molecular weight is 409 g/mol. The summed E-state index contributed by atoms with van der Waals surface area (Å²) in [7, 11) is 0. The van der Waals surface area contributed by atoms with Crippen LogP contribution in [-0.2, 0) is 0 Å². The summed E-state index contributed by atoms with van der Waals surface area (Å²) < 4.78 is 2.27. The summed E-state index contributed by atoms with van der Waals surface area (Å²) in [4.78, 5) is 12.2. The largest absolute Gasteiger partial charge is 0.289 e. The van der Waals surface area contributed by atoms with Gasteiger partial charge in [-0.15, -0.1) is 11.3 Å². The van der Waals surface area contributed by atoms with Crippen LogP contribution in [-0.4, -0.2) is 5.78 Å². The predicted molar refractivity (Wildman–Crippen MR) is 78.2 cm³/mol. The summed E-state index contributed by atoms with van der Waals surface area (Å²) in [6, 6.07) is 3.80. The molecule has 0 bridgehead atoms. The first kappa shape index (κ1) is 13.8. The van der Waals surface area contributed by atoms with Crippen LogP contribution in [0.3, 0.4) is 0 Å². The van der Waals surface area contributed by atoms with E-state index in [1.165, 1.54) is 0 Å². The predicted octanol–water partition coefficient (Wildman–Crippen LogP) is 4.32. The molecule has 0 amide bonds. The van der Waals surface area contributed by atoms with Gasteiger partial charge in [0.1, 0.15) is 10.3 Å². The molecule has 0 radical (unpaired) electrons. The smallest absolute Gasteiger partial charge is 0.192 e. The number of halogens is 3. The number of thiophene rings is 1. The molecule has 1 heterocycles. The molecule has 90 valence electrons. The monoisotopic (exact) mass is 408 g/mol. The number of Topliss-reactive ketones (excluding diaryl/α,β-unsaturated/α-hetero) is 1. The van der Waals surface area contributed by atoms with Crippen molar-refractivity contribution in [2.75, 3.05) is 0 Å². The quantitative estimate of drug-likeness (QED) is 0.513. The minimum absolute atomic E-state index is 0.243. The summed E-state index contributed by atoms with van der Waals surface area (Å²) in [5, 5.41) is 18.0. The lowest BCUT2D eigenvalue weighted by Crippen LogP contribution is -2.10. The lowest BCUT2D eigenvalue weighted by atomic mass is 9.88. The molecule has 0 aliphatic heterocycles.